The highest BCUT2D eigenvalue weighted by Crippen LogP contribution is 2.63. The van der Waals surface area contributed by atoms with Crippen LogP contribution in [0.4, 0.5) is 0 Å². The third-order valence-corrected chi connectivity index (χ3v) is 8.05. The second-order valence-corrected chi connectivity index (χ2v) is 9.99. The minimum absolute atomic E-state index is 1.44. The molecule has 0 amide bonds. The molecule has 0 rings (SSSR count). The Morgan fingerprint density at radius 2 is 0.875 bits per heavy atom. The smallest absolute Gasteiger partial charge is 0.102 e. The molecule has 0 saturated heterocycles. The molecule has 0 fully saturated rings. The van der Waals surface area contributed by atoms with Gasteiger partial charge in [-0.15, -0.1) is 23.2 Å². The van der Waals surface area contributed by atoms with Gasteiger partial charge in [-0.25, -0.2) is 0 Å². The van der Waals surface area contributed by atoms with Crippen molar-refractivity contribution >= 4 is 128 Å². The molecule has 0 atom stereocenters. The third-order valence-electron chi connectivity index (χ3n) is 1.44. The molecule has 0 aliphatic heterocycles. The molecule has 0 aliphatic carbocycles. The Hall–Kier alpha value is 3.19. The molecule has 0 unspecified atom stereocenters. The molecule has 16 heavy (non-hydrogen) atoms. The van der Waals surface area contributed by atoms with Crippen LogP contribution in [0.15, 0.2) is 0 Å². The van der Waals surface area contributed by atoms with Gasteiger partial charge in [0, 0.05) is 0 Å². The lowest BCUT2D eigenvalue weighted by atomic mass is 10.2. The summed E-state index contributed by atoms with van der Waals surface area (Å²) >= 11 is 62.2. The van der Waals surface area contributed by atoms with Gasteiger partial charge in [0.05, 0.1) is 0 Å². The van der Waals surface area contributed by atoms with E-state index in [9.17, 15) is 0 Å². The van der Waals surface area contributed by atoms with Gasteiger partial charge in [-0.1, -0.05) is 104 Å². The number of halogens is 11. The predicted molar refractivity (Wildman–Crippen MR) is 79.1 cm³/mol. The molecule has 0 nitrogen and oxygen atoms in total. The molecule has 0 aromatic rings. The predicted octanol–water partition coefficient (Wildman–Crippen LogP) is 6.68. The van der Waals surface area contributed by atoms with Crippen LogP contribution in [0.3, 0.4) is 0 Å². The van der Waals surface area contributed by atoms with Crippen LogP contribution in [0, 0.1) is 0 Å². The zero-order valence-corrected chi connectivity index (χ0v) is 15.1. The van der Waals surface area contributed by atoms with Gasteiger partial charge in [-0.05, 0) is 0 Å². The van der Waals surface area contributed by atoms with E-state index in [1.807, 2.05) is 0 Å². The first-order chi connectivity index (χ1) is 6.69. The topological polar surface area (TPSA) is 0 Å². The summed E-state index contributed by atoms with van der Waals surface area (Å²) in [5.41, 5.74) is 0. The minimum Gasteiger partial charge on any atom is -0.102 e. The molecule has 0 spiro atoms. The lowest BCUT2D eigenvalue weighted by Crippen LogP contribution is -2.58. The Bertz CT molecular complexity index is 248. The van der Waals surface area contributed by atoms with Crippen molar-refractivity contribution in [3.05, 3.63) is 0 Å². The molecule has 0 radical (unpaired) electrons. The molecular formula is C5HCl11. The number of hydrogen-bond donors (Lipinski definition) is 0. The van der Waals surface area contributed by atoms with Crippen molar-refractivity contribution in [1.82, 2.24) is 0 Å². The van der Waals surface area contributed by atoms with Crippen LogP contribution < -0.4 is 0 Å². The maximum Gasteiger partial charge on any atom is 0.226 e. The van der Waals surface area contributed by atoms with E-state index in [2.05, 4.69) is 0 Å². The van der Waals surface area contributed by atoms with Crippen molar-refractivity contribution in [2.75, 3.05) is 0 Å². The Labute approximate surface area is 148 Å². The molecule has 98 valence electrons. The average Bonchev–Trinajstić information content (AvgIpc) is 2.00. The third kappa shape index (κ3) is 3.44. The fourth-order valence-electron chi connectivity index (χ4n) is 0.524. The van der Waals surface area contributed by atoms with E-state index in [1.165, 1.54) is 0 Å². The van der Waals surface area contributed by atoms with Gasteiger partial charge in [0.25, 0.3) is 0 Å². The number of alkyl halides is 11. The van der Waals surface area contributed by atoms with Crippen LogP contribution in [0.5, 0.6) is 0 Å². The molecule has 0 aromatic carbocycles. The number of rotatable bonds is 3. The molecule has 0 saturated carbocycles. The van der Waals surface area contributed by atoms with Gasteiger partial charge < -0.3 is 0 Å². The second kappa shape index (κ2) is 5.90. The van der Waals surface area contributed by atoms with Crippen LogP contribution >= 0.6 is 128 Å². The first-order valence-electron chi connectivity index (χ1n) is 3.18. The maximum absolute atomic E-state index is 5.81. The zero-order valence-electron chi connectivity index (χ0n) is 6.73. The van der Waals surface area contributed by atoms with Gasteiger partial charge in [0.2, 0.25) is 3.79 Å². The summed E-state index contributed by atoms with van der Waals surface area (Å²) in [6.45, 7) is 0. The Balaban J connectivity index is 5.53. The molecule has 0 bridgehead atoms. The quantitative estimate of drug-likeness (QED) is 0.420. The van der Waals surface area contributed by atoms with E-state index in [0.29, 0.717) is 0 Å². The first kappa shape index (κ1) is 19.2. The molecule has 0 N–H and O–H groups in total. The van der Waals surface area contributed by atoms with Gasteiger partial charge in [0.1, 0.15) is 4.84 Å². The van der Waals surface area contributed by atoms with E-state index in [4.69, 9.17) is 128 Å². The summed E-state index contributed by atoms with van der Waals surface area (Å²) in [7, 11) is 0. The molecule has 0 aliphatic rings. The second-order valence-electron chi connectivity index (χ2n) is 2.57. The van der Waals surface area contributed by atoms with Crippen LogP contribution in [-0.2, 0) is 0 Å². The summed E-state index contributed by atoms with van der Waals surface area (Å²) in [5, 5.41) is 0. The summed E-state index contributed by atoms with van der Waals surface area (Å²) in [6, 6.07) is 0. The lowest BCUT2D eigenvalue weighted by Gasteiger charge is -2.44. The highest BCUT2D eigenvalue weighted by atomic mass is 35.6. The fourth-order valence-corrected chi connectivity index (χ4v) is 3.07. The Morgan fingerprint density at radius 3 is 1.06 bits per heavy atom. The molecule has 0 heterocycles. The molecule has 0 aromatic heterocycles. The summed E-state index contributed by atoms with van der Waals surface area (Å²) < 4.78 is -9.17. The van der Waals surface area contributed by atoms with Gasteiger partial charge in [0.15, 0.2) is 13.0 Å². The highest BCUT2D eigenvalue weighted by Gasteiger charge is 2.69. The van der Waals surface area contributed by atoms with Crippen molar-refractivity contribution in [2.24, 2.45) is 0 Å². The summed E-state index contributed by atoms with van der Waals surface area (Å²) in [6.07, 6.45) is 0. The van der Waals surface area contributed by atoms with Crippen LogP contribution in [-0.4, -0.2) is 21.6 Å². The molecule has 11 heteroatoms. The van der Waals surface area contributed by atoms with Crippen molar-refractivity contribution in [1.29, 1.82) is 0 Å². The SMILES string of the molecule is ClC(Cl)C(Cl)(Cl)C(Cl)(Cl)C(Cl)(Cl)C(Cl)(Cl)Cl. The largest absolute Gasteiger partial charge is 0.226 e. The Morgan fingerprint density at radius 1 is 0.562 bits per heavy atom. The summed E-state index contributed by atoms with van der Waals surface area (Å²) in [5.74, 6) is 0. The van der Waals surface area contributed by atoms with E-state index < -0.39 is 21.6 Å². The van der Waals surface area contributed by atoms with Crippen LogP contribution in [0.2, 0.25) is 0 Å². The van der Waals surface area contributed by atoms with Gasteiger partial charge in [-0.2, -0.15) is 0 Å². The zero-order chi connectivity index (χ0) is 13.6. The van der Waals surface area contributed by atoms with Gasteiger partial charge in [-0.3, -0.25) is 0 Å². The van der Waals surface area contributed by atoms with Crippen LogP contribution in [0.1, 0.15) is 0 Å². The van der Waals surface area contributed by atoms with E-state index >= 15 is 0 Å². The van der Waals surface area contributed by atoms with Gasteiger partial charge >= 0.3 is 0 Å². The standard InChI is InChI=1S/C5HCl11/c6-1(7)2(8,9)3(10,11)4(12,13)5(14,15)16/h1H. The first-order valence-corrected chi connectivity index (χ1v) is 7.45. The number of hydrogen-bond acceptors (Lipinski definition) is 0. The van der Waals surface area contributed by atoms with E-state index in [0.717, 1.165) is 0 Å². The van der Waals surface area contributed by atoms with Crippen molar-refractivity contribution in [3.8, 4) is 0 Å². The maximum atomic E-state index is 5.81. The van der Waals surface area contributed by atoms with Crippen molar-refractivity contribution < 1.29 is 0 Å². The van der Waals surface area contributed by atoms with E-state index in [-0.39, 0.29) is 0 Å². The fraction of sp³-hybridized carbons (Fsp3) is 1.00. The van der Waals surface area contributed by atoms with Crippen LogP contribution in [0.25, 0.3) is 0 Å². The summed E-state index contributed by atoms with van der Waals surface area (Å²) in [4.78, 5) is -1.44. The Kier molecular flexibility index (Phi) is 7.07. The van der Waals surface area contributed by atoms with E-state index in [1.54, 1.807) is 0 Å². The minimum atomic E-state index is -2.36. The average molecular weight is 451 g/mol. The highest BCUT2D eigenvalue weighted by molar-refractivity contribution is 6.81. The molecular weight excluding hydrogens is 450 g/mol. The van der Waals surface area contributed by atoms with Crippen molar-refractivity contribution in [3.63, 3.8) is 0 Å². The lowest BCUT2D eigenvalue weighted by molar-refractivity contribution is 0.601. The normalized spacial score (nSPS) is 15.8. The van der Waals surface area contributed by atoms with Crippen molar-refractivity contribution in [2.45, 2.75) is 21.6 Å². The monoisotopic (exact) mass is 446 g/mol.